The van der Waals surface area contributed by atoms with Crippen LogP contribution in [0.1, 0.15) is 53.4 Å². The molecule has 102 valence electrons. The number of nitrogens with one attached hydrogen (secondary N) is 1. The summed E-state index contributed by atoms with van der Waals surface area (Å²) in [4.78, 5) is 2.44. The van der Waals surface area contributed by atoms with Gasteiger partial charge in [-0.15, -0.1) is 0 Å². The minimum Gasteiger partial charge on any atom is -0.387 e. The first kappa shape index (κ1) is 16.4. The van der Waals surface area contributed by atoms with Crippen molar-refractivity contribution in [2.24, 2.45) is 17.6 Å². The van der Waals surface area contributed by atoms with Crippen LogP contribution in [0.5, 0.6) is 0 Å². The number of hydrogen-bond acceptors (Lipinski definition) is 2. The van der Waals surface area contributed by atoms with E-state index in [9.17, 15) is 0 Å². The monoisotopic (exact) mass is 241 g/mol. The molecule has 0 saturated carbocycles. The van der Waals surface area contributed by atoms with Crippen molar-refractivity contribution in [2.45, 2.75) is 53.4 Å². The standard InChI is InChI=1S/C14H31N3/c1-5-8-9-13(6-2)11-17(7-3)10-12(4)14(15)16/h12-13H,5-11H2,1-4H3,(H3,15,16). The lowest BCUT2D eigenvalue weighted by atomic mass is 9.98. The van der Waals surface area contributed by atoms with Gasteiger partial charge in [0.25, 0.3) is 0 Å². The molecule has 2 atom stereocenters. The van der Waals surface area contributed by atoms with Gasteiger partial charge >= 0.3 is 0 Å². The van der Waals surface area contributed by atoms with E-state index in [2.05, 4.69) is 25.7 Å². The van der Waals surface area contributed by atoms with Gasteiger partial charge in [-0.05, 0) is 18.9 Å². The Bertz CT molecular complexity index is 204. The van der Waals surface area contributed by atoms with Gasteiger partial charge in [0.1, 0.15) is 0 Å². The maximum atomic E-state index is 7.46. The molecule has 0 aromatic carbocycles. The molecule has 0 radical (unpaired) electrons. The van der Waals surface area contributed by atoms with Gasteiger partial charge in [0, 0.05) is 19.0 Å². The smallest absolute Gasteiger partial charge is 0.0947 e. The van der Waals surface area contributed by atoms with Crippen molar-refractivity contribution in [1.29, 1.82) is 5.41 Å². The third-order valence-electron chi connectivity index (χ3n) is 3.57. The van der Waals surface area contributed by atoms with Crippen molar-refractivity contribution in [2.75, 3.05) is 19.6 Å². The molecule has 17 heavy (non-hydrogen) atoms. The molecule has 0 aromatic rings. The third kappa shape index (κ3) is 7.37. The van der Waals surface area contributed by atoms with Crippen LogP contribution in [0.2, 0.25) is 0 Å². The molecular formula is C14H31N3. The second-order valence-corrected chi connectivity index (χ2v) is 5.13. The Labute approximate surface area is 107 Å². The summed E-state index contributed by atoms with van der Waals surface area (Å²) >= 11 is 0. The first-order valence-electron chi connectivity index (χ1n) is 7.11. The van der Waals surface area contributed by atoms with Crippen molar-refractivity contribution in [3.05, 3.63) is 0 Å². The first-order valence-corrected chi connectivity index (χ1v) is 7.11. The third-order valence-corrected chi connectivity index (χ3v) is 3.57. The van der Waals surface area contributed by atoms with E-state index in [1.165, 1.54) is 25.7 Å². The van der Waals surface area contributed by atoms with Gasteiger partial charge in [-0.1, -0.05) is 47.0 Å². The Morgan fingerprint density at radius 3 is 2.29 bits per heavy atom. The predicted molar refractivity (Wildman–Crippen MR) is 76.5 cm³/mol. The Balaban J connectivity index is 4.12. The number of amidine groups is 1. The molecule has 0 aromatic heterocycles. The summed E-state index contributed by atoms with van der Waals surface area (Å²) < 4.78 is 0. The Kier molecular flexibility index (Phi) is 9.14. The molecule has 3 N–H and O–H groups in total. The fraction of sp³-hybridized carbons (Fsp3) is 0.929. The van der Waals surface area contributed by atoms with Gasteiger partial charge in [-0.2, -0.15) is 0 Å². The molecule has 2 unspecified atom stereocenters. The lowest BCUT2D eigenvalue weighted by molar-refractivity contribution is 0.217. The van der Waals surface area contributed by atoms with E-state index >= 15 is 0 Å². The number of rotatable bonds is 10. The molecule has 0 aliphatic heterocycles. The molecule has 0 spiro atoms. The molecule has 0 heterocycles. The average molecular weight is 241 g/mol. The van der Waals surface area contributed by atoms with E-state index in [0.29, 0.717) is 5.84 Å². The van der Waals surface area contributed by atoms with Crippen LogP contribution in [-0.4, -0.2) is 30.4 Å². The van der Waals surface area contributed by atoms with Crippen LogP contribution in [0.25, 0.3) is 0 Å². The van der Waals surface area contributed by atoms with Gasteiger partial charge < -0.3 is 10.6 Å². The number of unbranched alkanes of at least 4 members (excludes halogenated alkanes) is 1. The van der Waals surface area contributed by atoms with Gasteiger partial charge in [0.15, 0.2) is 0 Å². The summed E-state index contributed by atoms with van der Waals surface area (Å²) in [7, 11) is 0. The second-order valence-electron chi connectivity index (χ2n) is 5.13. The highest BCUT2D eigenvalue weighted by molar-refractivity contribution is 5.79. The van der Waals surface area contributed by atoms with E-state index in [-0.39, 0.29) is 5.92 Å². The number of nitrogens with two attached hydrogens (primary N) is 1. The number of nitrogens with zero attached hydrogens (tertiary/aromatic N) is 1. The minimum atomic E-state index is 0.179. The van der Waals surface area contributed by atoms with Crippen molar-refractivity contribution in [1.82, 2.24) is 4.90 Å². The second kappa shape index (κ2) is 9.46. The lowest BCUT2D eigenvalue weighted by Crippen LogP contribution is -2.37. The lowest BCUT2D eigenvalue weighted by Gasteiger charge is -2.28. The zero-order valence-corrected chi connectivity index (χ0v) is 12.1. The average Bonchev–Trinajstić information content (AvgIpc) is 2.32. The quantitative estimate of drug-likeness (QED) is 0.456. The molecule has 3 nitrogen and oxygen atoms in total. The van der Waals surface area contributed by atoms with E-state index < -0.39 is 0 Å². The fourth-order valence-corrected chi connectivity index (χ4v) is 2.10. The van der Waals surface area contributed by atoms with E-state index in [1.807, 2.05) is 6.92 Å². The molecule has 0 bridgehead atoms. The van der Waals surface area contributed by atoms with E-state index in [0.717, 1.165) is 25.6 Å². The van der Waals surface area contributed by atoms with Crippen LogP contribution in [-0.2, 0) is 0 Å². The molecule has 0 rings (SSSR count). The SMILES string of the molecule is CCCCC(CC)CN(CC)CC(C)C(=N)N. The van der Waals surface area contributed by atoms with Gasteiger partial charge in [-0.3, -0.25) is 5.41 Å². The zero-order valence-electron chi connectivity index (χ0n) is 12.1. The highest BCUT2D eigenvalue weighted by Crippen LogP contribution is 2.15. The van der Waals surface area contributed by atoms with E-state index in [1.54, 1.807) is 0 Å². The summed E-state index contributed by atoms with van der Waals surface area (Å²) in [6.07, 6.45) is 5.20. The van der Waals surface area contributed by atoms with Crippen LogP contribution >= 0.6 is 0 Å². The summed E-state index contributed by atoms with van der Waals surface area (Å²) in [5, 5.41) is 7.46. The van der Waals surface area contributed by atoms with Gasteiger partial charge in [0.05, 0.1) is 5.84 Å². The summed E-state index contributed by atoms with van der Waals surface area (Å²) in [5.41, 5.74) is 5.54. The van der Waals surface area contributed by atoms with Crippen LogP contribution in [0, 0.1) is 17.2 Å². The Hall–Kier alpha value is -0.570. The maximum Gasteiger partial charge on any atom is 0.0947 e. The maximum absolute atomic E-state index is 7.46. The summed E-state index contributed by atoms with van der Waals surface area (Å²) in [6.45, 7) is 11.9. The molecule has 0 aliphatic rings. The summed E-state index contributed by atoms with van der Waals surface area (Å²) in [5.74, 6) is 1.29. The predicted octanol–water partition coefficient (Wildman–Crippen LogP) is 3.10. The largest absolute Gasteiger partial charge is 0.387 e. The Morgan fingerprint density at radius 1 is 1.24 bits per heavy atom. The van der Waals surface area contributed by atoms with Crippen LogP contribution in [0.15, 0.2) is 0 Å². The van der Waals surface area contributed by atoms with Crippen molar-refractivity contribution >= 4 is 5.84 Å². The van der Waals surface area contributed by atoms with Crippen LogP contribution < -0.4 is 5.73 Å². The normalized spacial score (nSPS) is 14.9. The van der Waals surface area contributed by atoms with Crippen LogP contribution in [0.4, 0.5) is 0 Å². The molecule has 0 aliphatic carbocycles. The Morgan fingerprint density at radius 2 is 1.88 bits per heavy atom. The first-order chi connectivity index (χ1) is 8.04. The van der Waals surface area contributed by atoms with Gasteiger partial charge in [-0.25, -0.2) is 0 Å². The van der Waals surface area contributed by atoms with Crippen molar-refractivity contribution in [3.63, 3.8) is 0 Å². The minimum absolute atomic E-state index is 0.179. The molecular weight excluding hydrogens is 210 g/mol. The van der Waals surface area contributed by atoms with Crippen LogP contribution in [0.3, 0.4) is 0 Å². The van der Waals surface area contributed by atoms with Crippen molar-refractivity contribution < 1.29 is 0 Å². The molecule has 0 amide bonds. The summed E-state index contributed by atoms with van der Waals surface area (Å²) in [6, 6.07) is 0. The molecule has 3 heteroatoms. The molecule has 0 saturated heterocycles. The van der Waals surface area contributed by atoms with Crippen molar-refractivity contribution in [3.8, 4) is 0 Å². The fourth-order valence-electron chi connectivity index (χ4n) is 2.10. The topological polar surface area (TPSA) is 53.1 Å². The van der Waals surface area contributed by atoms with Gasteiger partial charge in [0.2, 0.25) is 0 Å². The van der Waals surface area contributed by atoms with E-state index in [4.69, 9.17) is 11.1 Å². The molecule has 0 fully saturated rings. The highest BCUT2D eigenvalue weighted by Gasteiger charge is 2.15. The zero-order chi connectivity index (χ0) is 13.3. The highest BCUT2D eigenvalue weighted by atomic mass is 15.1. The number of hydrogen-bond donors (Lipinski definition) is 2.